The third-order valence-electron chi connectivity index (χ3n) is 5.16. The first-order valence-corrected chi connectivity index (χ1v) is 10.7. The van der Waals surface area contributed by atoms with Crippen molar-refractivity contribution in [1.29, 1.82) is 0 Å². The maximum Gasteiger partial charge on any atom is 0.471 e. The SMILES string of the molecule is C=CC(=O)Nc1cccc(Nc2cc(Nc3ccc4c(c3)N(C(=O)C(F)(F)F)CCO4)ccc2F)c1. The monoisotopic (exact) mass is 500 g/mol. The number of rotatable bonds is 6. The highest BCUT2D eigenvalue weighted by atomic mass is 19.4. The number of nitrogens with zero attached hydrogens (tertiary/aromatic N) is 1. The minimum absolute atomic E-state index is 0.0209. The van der Waals surface area contributed by atoms with Crippen LogP contribution in [0.4, 0.5) is 51.7 Å². The Kier molecular flexibility index (Phi) is 6.82. The molecule has 3 N–H and O–H groups in total. The number of amides is 2. The van der Waals surface area contributed by atoms with E-state index in [1.807, 2.05) is 0 Å². The smallest absolute Gasteiger partial charge is 0.471 e. The highest BCUT2D eigenvalue weighted by Crippen LogP contribution is 2.37. The largest absolute Gasteiger partial charge is 0.490 e. The number of carbonyl (C=O) groups excluding carboxylic acids is 2. The number of carbonyl (C=O) groups is 2. The van der Waals surface area contributed by atoms with Gasteiger partial charge in [0.05, 0.1) is 17.9 Å². The lowest BCUT2D eigenvalue weighted by molar-refractivity contribution is -0.170. The van der Waals surface area contributed by atoms with Gasteiger partial charge in [-0.15, -0.1) is 0 Å². The van der Waals surface area contributed by atoms with Crippen molar-refractivity contribution in [3.05, 3.63) is 79.1 Å². The van der Waals surface area contributed by atoms with E-state index in [9.17, 15) is 27.2 Å². The van der Waals surface area contributed by atoms with Gasteiger partial charge in [0.25, 0.3) is 0 Å². The summed E-state index contributed by atoms with van der Waals surface area (Å²) in [5, 5.41) is 8.54. The summed E-state index contributed by atoms with van der Waals surface area (Å²) in [5.74, 6) is -2.78. The standard InChI is InChI=1S/C25H20F4N4O3/c1-2-23(34)32-16-5-3-4-15(12-16)31-20-13-17(6-8-19(20)26)30-18-7-9-22-21(14-18)33(10-11-36-22)24(35)25(27,28)29/h2-9,12-14,30-31H,1,10-11H2,(H,32,34). The number of nitrogens with one attached hydrogen (secondary N) is 3. The normalized spacial score (nSPS) is 12.7. The Morgan fingerprint density at radius 1 is 0.944 bits per heavy atom. The lowest BCUT2D eigenvalue weighted by Crippen LogP contribution is -2.45. The molecule has 186 valence electrons. The second-order valence-corrected chi connectivity index (χ2v) is 7.70. The molecule has 0 unspecified atom stereocenters. The molecule has 3 aromatic rings. The van der Waals surface area contributed by atoms with Gasteiger partial charge < -0.3 is 20.7 Å². The number of halogens is 4. The Labute approximate surface area is 203 Å². The van der Waals surface area contributed by atoms with Crippen molar-refractivity contribution in [2.45, 2.75) is 6.18 Å². The molecule has 0 saturated heterocycles. The Bertz CT molecular complexity index is 1330. The van der Waals surface area contributed by atoms with E-state index in [2.05, 4.69) is 22.5 Å². The molecule has 0 saturated carbocycles. The Morgan fingerprint density at radius 3 is 2.39 bits per heavy atom. The van der Waals surface area contributed by atoms with Gasteiger partial charge in [0.1, 0.15) is 18.2 Å². The fraction of sp³-hybridized carbons (Fsp3) is 0.120. The van der Waals surface area contributed by atoms with Crippen LogP contribution in [-0.2, 0) is 9.59 Å². The van der Waals surface area contributed by atoms with Gasteiger partial charge >= 0.3 is 12.1 Å². The number of fused-ring (bicyclic) bond motifs is 1. The van der Waals surface area contributed by atoms with E-state index in [1.54, 1.807) is 30.3 Å². The second kappa shape index (κ2) is 9.98. The molecule has 36 heavy (non-hydrogen) atoms. The van der Waals surface area contributed by atoms with Gasteiger partial charge in [0.2, 0.25) is 5.91 Å². The van der Waals surface area contributed by atoms with E-state index >= 15 is 0 Å². The molecule has 3 aromatic carbocycles. The van der Waals surface area contributed by atoms with E-state index in [0.29, 0.717) is 27.6 Å². The van der Waals surface area contributed by atoms with E-state index in [4.69, 9.17) is 4.74 Å². The summed E-state index contributed by atoms with van der Waals surface area (Å²) in [4.78, 5) is 24.0. The van der Waals surface area contributed by atoms with Gasteiger partial charge in [-0.05, 0) is 60.7 Å². The van der Waals surface area contributed by atoms with E-state index in [-0.39, 0.29) is 30.3 Å². The summed E-state index contributed by atoms with van der Waals surface area (Å²) < 4.78 is 59.0. The summed E-state index contributed by atoms with van der Waals surface area (Å²) in [5.41, 5.74) is 1.87. The third-order valence-corrected chi connectivity index (χ3v) is 5.16. The fourth-order valence-electron chi connectivity index (χ4n) is 3.55. The number of hydrogen-bond donors (Lipinski definition) is 3. The fourth-order valence-corrected chi connectivity index (χ4v) is 3.55. The molecule has 2 amide bonds. The molecule has 0 radical (unpaired) electrons. The van der Waals surface area contributed by atoms with Crippen LogP contribution < -0.4 is 25.6 Å². The Balaban J connectivity index is 1.55. The molecule has 0 aliphatic carbocycles. The van der Waals surface area contributed by atoms with Crippen LogP contribution in [0.15, 0.2) is 73.3 Å². The zero-order valence-corrected chi connectivity index (χ0v) is 18.7. The molecule has 0 spiro atoms. The Morgan fingerprint density at radius 2 is 1.64 bits per heavy atom. The number of hydrogen-bond acceptors (Lipinski definition) is 5. The zero-order valence-electron chi connectivity index (χ0n) is 18.7. The molecular weight excluding hydrogens is 480 g/mol. The van der Waals surface area contributed by atoms with Gasteiger partial charge in [0, 0.05) is 22.7 Å². The minimum atomic E-state index is -5.03. The second-order valence-electron chi connectivity index (χ2n) is 7.70. The van der Waals surface area contributed by atoms with Crippen LogP contribution in [0.3, 0.4) is 0 Å². The minimum Gasteiger partial charge on any atom is -0.490 e. The van der Waals surface area contributed by atoms with Crippen molar-refractivity contribution in [2.24, 2.45) is 0 Å². The molecule has 0 atom stereocenters. The molecule has 0 fully saturated rings. The Hall–Kier alpha value is -4.54. The van der Waals surface area contributed by atoms with Crippen molar-refractivity contribution in [2.75, 3.05) is 34.0 Å². The molecule has 0 aromatic heterocycles. The lowest BCUT2D eigenvalue weighted by Gasteiger charge is -2.30. The van der Waals surface area contributed by atoms with E-state index in [1.165, 1.54) is 30.3 Å². The van der Waals surface area contributed by atoms with Gasteiger partial charge in [-0.2, -0.15) is 13.2 Å². The third kappa shape index (κ3) is 5.57. The van der Waals surface area contributed by atoms with E-state index < -0.39 is 23.8 Å². The van der Waals surface area contributed by atoms with Crippen LogP contribution >= 0.6 is 0 Å². The molecule has 4 rings (SSSR count). The summed E-state index contributed by atoms with van der Waals surface area (Å²) in [6, 6.07) is 15.2. The summed E-state index contributed by atoms with van der Waals surface area (Å²) in [7, 11) is 0. The van der Waals surface area contributed by atoms with Crippen LogP contribution in [0.25, 0.3) is 0 Å². The van der Waals surface area contributed by atoms with Crippen LogP contribution in [0.1, 0.15) is 0 Å². The maximum absolute atomic E-state index is 14.5. The zero-order chi connectivity index (χ0) is 25.9. The molecule has 1 aliphatic heterocycles. The van der Waals surface area contributed by atoms with Gasteiger partial charge in [-0.25, -0.2) is 4.39 Å². The van der Waals surface area contributed by atoms with Crippen LogP contribution in [-0.4, -0.2) is 31.1 Å². The molecular formula is C25H20F4N4O3. The molecule has 0 bridgehead atoms. The van der Waals surface area contributed by atoms with E-state index in [0.717, 1.165) is 6.08 Å². The van der Waals surface area contributed by atoms with Gasteiger partial charge in [-0.1, -0.05) is 12.6 Å². The highest BCUT2D eigenvalue weighted by molar-refractivity contribution is 6.00. The van der Waals surface area contributed by atoms with Crippen molar-refractivity contribution in [1.82, 2.24) is 0 Å². The molecule has 7 nitrogen and oxygen atoms in total. The quantitative estimate of drug-likeness (QED) is 0.298. The topological polar surface area (TPSA) is 82.7 Å². The maximum atomic E-state index is 14.5. The van der Waals surface area contributed by atoms with Crippen LogP contribution in [0, 0.1) is 5.82 Å². The molecule has 11 heteroatoms. The van der Waals surface area contributed by atoms with Gasteiger partial charge in [0.15, 0.2) is 0 Å². The highest BCUT2D eigenvalue weighted by Gasteiger charge is 2.44. The average Bonchev–Trinajstić information content (AvgIpc) is 2.85. The van der Waals surface area contributed by atoms with Crippen molar-refractivity contribution < 1.29 is 31.9 Å². The van der Waals surface area contributed by atoms with Crippen molar-refractivity contribution in [3.8, 4) is 5.75 Å². The molecule has 1 aliphatic rings. The average molecular weight is 500 g/mol. The van der Waals surface area contributed by atoms with Crippen molar-refractivity contribution in [3.63, 3.8) is 0 Å². The first-order chi connectivity index (χ1) is 17.1. The lowest BCUT2D eigenvalue weighted by atomic mass is 10.2. The molecule has 1 heterocycles. The van der Waals surface area contributed by atoms with Crippen LogP contribution in [0.5, 0.6) is 5.75 Å². The first-order valence-electron chi connectivity index (χ1n) is 10.7. The predicted molar refractivity (Wildman–Crippen MR) is 129 cm³/mol. The number of benzene rings is 3. The summed E-state index contributed by atoms with van der Waals surface area (Å²) in [6.07, 6.45) is -3.90. The predicted octanol–water partition coefficient (Wildman–Crippen LogP) is 5.73. The summed E-state index contributed by atoms with van der Waals surface area (Å²) >= 11 is 0. The summed E-state index contributed by atoms with van der Waals surface area (Å²) in [6.45, 7) is 3.08. The van der Waals surface area contributed by atoms with Crippen LogP contribution in [0.2, 0.25) is 0 Å². The van der Waals surface area contributed by atoms with Crippen molar-refractivity contribution >= 4 is 45.9 Å². The first kappa shape index (κ1) is 24.6. The number of alkyl halides is 3. The van der Waals surface area contributed by atoms with Gasteiger partial charge in [-0.3, -0.25) is 14.5 Å². The number of anilines is 6. The number of ether oxygens (including phenoxy) is 1.